The maximum absolute atomic E-state index is 5.36. The van der Waals surface area contributed by atoms with Crippen LogP contribution in [0.4, 0.5) is 0 Å². The van der Waals surface area contributed by atoms with Gasteiger partial charge in [0.2, 0.25) is 0 Å². The van der Waals surface area contributed by atoms with Crippen molar-refractivity contribution in [1.29, 1.82) is 0 Å². The number of rotatable bonds is 6. The van der Waals surface area contributed by atoms with E-state index in [4.69, 9.17) is 15.0 Å². The van der Waals surface area contributed by atoms with Gasteiger partial charge in [-0.15, -0.1) is 0 Å². The molecular formula is C14H25N3O2. The van der Waals surface area contributed by atoms with Crippen LogP contribution >= 0.6 is 0 Å². The van der Waals surface area contributed by atoms with Crippen LogP contribution in [0.5, 0.6) is 0 Å². The van der Waals surface area contributed by atoms with Gasteiger partial charge < -0.3 is 15.0 Å². The van der Waals surface area contributed by atoms with E-state index >= 15 is 0 Å². The second kappa shape index (κ2) is 7.01. The number of nitrogens with zero attached hydrogens (tertiary/aromatic N) is 2. The fraction of sp³-hybridized carbons (Fsp3) is 0.857. The fourth-order valence-corrected chi connectivity index (χ4v) is 2.78. The van der Waals surface area contributed by atoms with Crippen molar-refractivity contribution in [3.8, 4) is 0 Å². The van der Waals surface area contributed by atoms with Crippen LogP contribution in [-0.2, 0) is 11.3 Å². The third-order valence-electron chi connectivity index (χ3n) is 4.05. The van der Waals surface area contributed by atoms with Crippen LogP contribution in [0.2, 0.25) is 0 Å². The third kappa shape index (κ3) is 4.01. The maximum Gasteiger partial charge on any atom is 0.252 e. The highest BCUT2D eigenvalue weighted by Crippen LogP contribution is 2.37. The summed E-state index contributed by atoms with van der Waals surface area (Å²) in [5, 5.41) is 4.09. The third-order valence-corrected chi connectivity index (χ3v) is 4.05. The Morgan fingerprint density at radius 3 is 2.68 bits per heavy atom. The summed E-state index contributed by atoms with van der Waals surface area (Å²) in [6.45, 7) is 6.03. The predicted octanol–water partition coefficient (Wildman–Crippen LogP) is 2.47. The zero-order valence-electron chi connectivity index (χ0n) is 12.0. The van der Waals surface area contributed by atoms with E-state index in [0.717, 1.165) is 17.7 Å². The van der Waals surface area contributed by atoms with Gasteiger partial charge in [-0.2, -0.15) is 4.98 Å². The number of aromatic nitrogens is 2. The molecule has 0 aromatic carbocycles. The lowest BCUT2D eigenvalue weighted by Crippen LogP contribution is -2.18. The molecule has 1 aromatic rings. The van der Waals surface area contributed by atoms with Gasteiger partial charge in [0.1, 0.15) is 6.61 Å². The van der Waals surface area contributed by atoms with Gasteiger partial charge in [-0.25, -0.2) is 0 Å². The van der Waals surface area contributed by atoms with Gasteiger partial charge in [-0.1, -0.05) is 19.0 Å². The minimum atomic E-state index is 0.367. The standard InChI is InChI=1S/C14H25N3O2/c1-10(2)11-3-5-12(6-4-11)14-16-13(19-17-14)9-18-8-7-15/h10-12H,3-9,15H2,1-2H3. The molecule has 0 bridgehead atoms. The first kappa shape index (κ1) is 14.5. The van der Waals surface area contributed by atoms with Crippen molar-refractivity contribution in [3.63, 3.8) is 0 Å². The quantitative estimate of drug-likeness (QED) is 0.801. The lowest BCUT2D eigenvalue weighted by molar-refractivity contribution is 0.104. The highest BCUT2D eigenvalue weighted by atomic mass is 16.5. The summed E-state index contributed by atoms with van der Waals surface area (Å²) in [6.07, 6.45) is 4.89. The molecule has 0 saturated heterocycles. The van der Waals surface area contributed by atoms with Gasteiger partial charge >= 0.3 is 0 Å². The average molecular weight is 267 g/mol. The van der Waals surface area contributed by atoms with Gasteiger partial charge in [0.15, 0.2) is 5.82 Å². The molecule has 2 N–H and O–H groups in total. The van der Waals surface area contributed by atoms with E-state index in [1.165, 1.54) is 25.7 Å². The second-order valence-corrected chi connectivity index (χ2v) is 5.74. The van der Waals surface area contributed by atoms with Gasteiger partial charge in [0, 0.05) is 12.5 Å². The van der Waals surface area contributed by atoms with Crippen LogP contribution in [0.15, 0.2) is 4.52 Å². The lowest BCUT2D eigenvalue weighted by Gasteiger charge is -2.29. The molecule has 1 aromatic heterocycles. The first-order chi connectivity index (χ1) is 9.20. The minimum absolute atomic E-state index is 0.367. The van der Waals surface area contributed by atoms with E-state index in [9.17, 15) is 0 Å². The van der Waals surface area contributed by atoms with Crippen LogP contribution in [0.25, 0.3) is 0 Å². The first-order valence-corrected chi connectivity index (χ1v) is 7.31. The summed E-state index contributed by atoms with van der Waals surface area (Å²) in [7, 11) is 0. The van der Waals surface area contributed by atoms with E-state index < -0.39 is 0 Å². The van der Waals surface area contributed by atoms with Gasteiger partial charge in [0.05, 0.1) is 6.61 Å². The number of hydrogen-bond donors (Lipinski definition) is 1. The summed E-state index contributed by atoms with van der Waals surface area (Å²) < 4.78 is 10.5. The van der Waals surface area contributed by atoms with Crippen molar-refractivity contribution < 1.29 is 9.26 Å². The molecule has 19 heavy (non-hydrogen) atoms. The largest absolute Gasteiger partial charge is 0.370 e. The molecule has 1 fully saturated rings. The summed E-state index contributed by atoms with van der Waals surface area (Å²) >= 11 is 0. The molecule has 1 aliphatic rings. The average Bonchev–Trinajstić information content (AvgIpc) is 2.88. The molecule has 1 saturated carbocycles. The van der Waals surface area contributed by atoms with Crippen LogP contribution in [0, 0.1) is 11.8 Å². The van der Waals surface area contributed by atoms with Crippen molar-refractivity contribution in [2.45, 2.75) is 52.1 Å². The molecule has 1 aliphatic carbocycles. The SMILES string of the molecule is CC(C)C1CCC(c2noc(COCCN)n2)CC1. The molecule has 2 rings (SSSR count). The molecule has 0 radical (unpaired) electrons. The van der Waals surface area contributed by atoms with Gasteiger partial charge in [-0.3, -0.25) is 0 Å². The van der Waals surface area contributed by atoms with E-state index in [0.29, 0.717) is 31.6 Å². The van der Waals surface area contributed by atoms with Crippen LogP contribution in [-0.4, -0.2) is 23.3 Å². The Bertz CT molecular complexity index is 371. The minimum Gasteiger partial charge on any atom is -0.370 e. The molecule has 0 aliphatic heterocycles. The first-order valence-electron chi connectivity index (χ1n) is 7.31. The zero-order chi connectivity index (χ0) is 13.7. The normalized spacial score (nSPS) is 24.0. The Labute approximate surface area is 114 Å². The van der Waals surface area contributed by atoms with E-state index in [1.54, 1.807) is 0 Å². The van der Waals surface area contributed by atoms with Gasteiger partial charge in [0.25, 0.3) is 5.89 Å². The molecule has 1 heterocycles. The smallest absolute Gasteiger partial charge is 0.252 e. The Kier molecular flexibility index (Phi) is 5.34. The van der Waals surface area contributed by atoms with Crippen LogP contribution in [0.1, 0.15) is 57.2 Å². The zero-order valence-corrected chi connectivity index (χ0v) is 12.0. The Morgan fingerprint density at radius 2 is 2.05 bits per heavy atom. The van der Waals surface area contributed by atoms with Crippen LogP contribution < -0.4 is 5.73 Å². The Hall–Kier alpha value is -0.940. The maximum atomic E-state index is 5.36. The highest BCUT2D eigenvalue weighted by Gasteiger charge is 2.27. The predicted molar refractivity (Wildman–Crippen MR) is 72.5 cm³/mol. The van der Waals surface area contributed by atoms with Crippen molar-refractivity contribution >= 4 is 0 Å². The second-order valence-electron chi connectivity index (χ2n) is 5.74. The number of hydrogen-bond acceptors (Lipinski definition) is 5. The lowest BCUT2D eigenvalue weighted by atomic mass is 9.77. The molecule has 0 atom stereocenters. The van der Waals surface area contributed by atoms with Crippen molar-refractivity contribution in [3.05, 3.63) is 11.7 Å². The topological polar surface area (TPSA) is 74.2 Å². The fourth-order valence-electron chi connectivity index (χ4n) is 2.78. The highest BCUT2D eigenvalue weighted by molar-refractivity contribution is 4.97. The molecular weight excluding hydrogens is 242 g/mol. The number of nitrogens with two attached hydrogens (primary N) is 1. The molecule has 5 heteroatoms. The monoisotopic (exact) mass is 267 g/mol. The Morgan fingerprint density at radius 1 is 1.32 bits per heavy atom. The summed E-state index contributed by atoms with van der Waals surface area (Å²) in [4.78, 5) is 4.43. The summed E-state index contributed by atoms with van der Waals surface area (Å²) in [6, 6.07) is 0. The summed E-state index contributed by atoms with van der Waals surface area (Å²) in [5.74, 6) is 3.52. The van der Waals surface area contributed by atoms with E-state index in [1.807, 2.05) is 0 Å². The molecule has 108 valence electrons. The number of ether oxygens (including phenoxy) is 1. The van der Waals surface area contributed by atoms with Crippen LogP contribution in [0.3, 0.4) is 0 Å². The van der Waals surface area contributed by atoms with Crippen molar-refractivity contribution in [1.82, 2.24) is 10.1 Å². The van der Waals surface area contributed by atoms with E-state index in [2.05, 4.69) is 24.0 Å². The molecule has 0 amide bonds. The Balaban J connectivity index is 1.82. The van der Waals surface area contributed by atoms with E-state index in [-0.39, 0.29) is 0 Å². The van der Waals surface area contributed by atoms with Crippen molar-refractivity contribution in [2.24, 2.45) is 17.6 Å². The molecule has 5 nitrogen and oxygen atoms in total. The van der Waals surface area contributed by atoms with Crippen molar-refractivity contribution in [2.75, 3.05) is 13.2 Å². The van der Waals surface area contributed by atoms with Gasteiger partial charge in [-0.05, 0) is 37.5 Å². The molecule has 0 spiro atoms. The molecule has 0 unspecified atom stereocenters. The summed E-state index contributed by atoms with van der Waals surface area (Å²) in [5.41, 5.74) is 5.36.